The van der Waals surface area contributed by atoms with Gasteiger partial charge in [0.1, 0.15) is 11.5 Å². The maximum absolute atomic E-state index is 13.5. The van der Waals surface area contributed by atoms with Crippen molar-refractivity contribution < 1.29 is 13.2 Å². The Morgan fingerprint density at radius 2 is 1.94 bits per heavy atom. The first-order chi connectivity index (χ1) is 8.11. The van der Waals surface area contributed by atoms with Gasteiger partial charge in [0.05, 0.1) is 0 Å². The Hall–Kier alpha value is -1.23. The molecule has 1 aromatic carbocycles. The molecular weight excluding hydrogens is 229 g/mol. The topological polar surface area (TPSA) is 15.3 Å². The molecule has 0 saturated carbocycles. The molecule has 1 fully saturated rings. The lowest BCUT2D eigenvalue weighted by Gasteiger charge is -2.20. The summed E-state index contributed by atoms with van der Waals surface area (Å²) in [5, 5.41) is 3.23. The molecule has 1 aliphatic rings. The van der Waals surface area contributed by atoms with Gasteiger partial charge in [-0.2, -0.15) is 0 Å². The minimum absolute atomic E-state index is 0.119. The molecule has 17 heavy (non-hydrogen) atoms. The van der Waals surface area contributed by atoms with Gasteiger partial charge in [-0.25, -0.2) is 13.2 Å². The third-order valence-electron chi connectivity index (χ3n) is 2.98. The van der Waals surface area contributed by atoms with Crippen molar-refractivity contribution in [3.63, 3.8) is 0 Å². The zero-order valence-electron chi connectivity index (χ0n) is 9.64. The van der Waals surface area contributed by atoms with E-state index in [0.29, 0.717) is 13.1 Å². The van der Waals surface area contributed by atoms with Gasteiger partial charge < -0.3 is 10.2 Å². The second kappa shape index (κ2) is 4.96. The van der Waals surface area contributed by atoms with E-state index in [0.717, 1.165) is 25.1 Å². The van der Waals surface area contributed by atoms with Crippen LogP contribution in [-0.4, -0.2) is 25.7 Å². The van der Waals surface area contributed by atoms with E-state index in [1.165, 1.54) is 0 Å². The van der Waals surface area contributed by atoms with Gasteiger partial charge in [-0.3, -0.25) is 0 Å². The highest BCUT2D eigenvalue weighted by Crippen LogP contribution is 2.27. The molecule has 1 saturated heterocycles. The van der Waals surface area contributed by atoms with Gasteiger partial charge in [-0.05, 0) is 13.0 Å². The van der Waals surface area contributed by atoms with E-state index in [1.807, 2.05) is 6.92 Å². The molecule has 0 radical (unpaired) electrons. The molecule has 0 spiro atoms. The van der Waals surface area contributed by atoms with Gasteiger partial charge in [-0.15, -0.1) is 0 Å². The van der Waals surface area contributed by atoms with Crippen molar-refractivity contribution in [3.8, 4) is 0 Å². The fourth-order valence-electron chi connectivity index (χ4n) is 2.26. The van der Waals surface area contributed by atoms with Crippen molar-refractivity contribution in [3.05, 3.63) is 29.6 Å². The first-order valence-electron chi connectivity index (χ1n) is 5.74. The first-order valence-corrected chi connectivity index (χ1v) is 5.74. The Balaban J connectivity index is 2.19. The zero-order chi connectivity index (χ0) is 12.4. The van der Waals surface area contributed by atoms with Gasteiger partial charge >= 0.3 is 0 Å². The molecule has 0 aromatic heterocycles. The van der Waals surface area contributed by atoms with Crippen LogP contribution in [0.15, 0.2) is 12.1 Å². The smallest absolute Gasteiger partial charge is 0.152 e. The molecule has 1 N–H and O–H groups in total. The molecule has 2 rings (SSSR count). The Morgan fingerprint density at radius 1 is 1.29 bits per heavy atom. The molecule has 0 amide bonds. The number of hydrogen-bond acceptors (Lipinski definition) is 2. The second-order valence-corrected chi connectivity index (χ2v) is 4.21. The number of nitrogens with zero attached hydrogens (tertiary/aromatic N) is 1. The van der Waals surface area contributed by atoms with Crippen molar-refractivity contribution in [2.75, 3.05) is 24.5 Å². The highest BCUT2D eigenvalue weighted by atomic mass is 19.1. The van der Waals surface area contributed by atoms with Crippen LogP contribution in [0.4, 0.5) is 18.9 Å². The number of benzene rings is 1. The van der Waals surface area contributed by atoms with Crippen molar-refractivity contribution in [1.29, 1.82) is 0 Å². The molecule has 94 valence electrons. The van der Waals surface area contributed by atoms with E-state index in [4.69, 9.17) is 0 Å². The molecule has 0 aliphatic carbocycles. The molecule has 1 unspecified atom stereocenters. The molecule has 0 bridgehead atoms. The van der Waals surface area contributed by atoms with E-state index >= 15 is 0 Å². The summed E-state index contributed by atoms with van der Waals surface area (Å²) in [5.74, 6) is -2.55. The third kappa shape index (κ3) is 2.54. The third-order valence-corrected chi connectivity index (χ3v) is 2.98. The van der Waals surface area contributed by atoms with Crippen LogP contribution in [0, 0.1) is 17.5 Å². The van der Waals surface area contributed by atoms with Crippen LogP contribution in [0.3, 0.4) is 0 Å². The van der Waals surface area contributed by atoms with Crippen LogP contribution in [0.25, 0.3) is 0 Å². The fraction of sp³-hybridized carbons (Fsp3) is 0.500. The maximum Gasteiger partial charge on any atom is 0.152 e. The minimum Gasteiger partial charge on any atom is -0.365 e. The SMILES string of the molecule is CCNC1CCN(c2c(F)cc(F)cc2F)C1. The van der Waals surface area contributed by atoms with Crippen LogP contribution in [-0.2, 0) is 0 Å². The molecule has 2 nitrogen and oxygen atoms in total. The highest BCUT2D eigenvalue weighted by Gasteiger charge is 2.26. The Labute approximate surface area is 98.4 Å². The standard InChI is InChI=1S/C12H15F3N2/c1-2-16-9-3-4-17(7-9)12-10(14)5-8(13)6-11(12)15/h5-6,9,16H,2-4,7H2,1H3. The molecule has 1 atom stereocenters. The van der Waals surface area contributed by atoms with Gasteiger partial charge in [0.2, 0.25) is 0 Å². The summed E-state index contributed by atoms with van der Waals surface area (Å²) in [6.07, 6.45) is 0.837. The van der Waals surface area contributed by atoms with Crippen LogP contribution in [0.1, 0.15) is 13.3 Å². The van der Waals surface area contributed by atoms with Gasteiger partial charge in [0, 0.05) is 31.3 Å². The van der Waals surface area contributed by atoms with Crippen LogP contribution < -0.4 is 10.2 Å². The van der Waals surface area contributed by atoms with Gasteiger partial charge in [-0.1, -0.05) is 6.92 Å². The fourth-order valence-corrected chi connectivity index (χ4v) is 2.26. The van der Waals surface area contributed by atoms with Crippen molar-refractivity contribution >= 4 is 5.69 Å². The Bertz CT molecular complexity index is 386. The number of likely N-dealkylation sites (N-methyl/N-ethyl adjacent to an activating group) is 1. The lowest BCUT2D eigenvalue weighted by Crippen LogP contribution is -2.32. The molecule has 1 aromatic rings. The Morgan fingerprint density at radius 3 is 2.53 bits per heavy atom. The molecule has 1 aliphatic heterocycles. The summed E-state index contributed by atoms with van der Waals surface area (Å²) in [7, 11) is 0. The number of hydrogen-bond donors (Lipinski definition) is 1. The Kier molecular flexibility index (Phi) is 3.57. The van der Waals surface area contributed by atoms with E-state index in [1.54, 1.807) is 4.90 Å². The minimum atomic E-state index is -0.883. The van der Waals surface area contributed by atoms with E-state index in [2.05, 4.69) is 5.32 Å². The predicted octanol–water partition coefficient (Wildman–Crippen LogP) is 2.29. The number of nitrogens with one attached hydrogen (secondary N) is 1. The summed E-state index contributed by atoms with van der Waals surface area (Å²) in [4.78, 5) is 1.62. The molecule has 5 heteroatoms. The predicted molar refractivity (Wildman–Crippen MR) is 60.6 cm³/mol. The van der Waals surface area contributed by atoms with Crippen molar-refractivity contribution in [1.82, 2.24) is 5.32 Å². The second-order valence-electron chi connectivity index (χ2n) is 4.21. The molecular formula is C12H15F3N2. The normalized spacial score (nSPS) is 20.0. The van der Waals surface area contributed by atoms with Crippen LogP contribution in [0.5, 0.6) is 0 Å². The van der Waals surface area contributed by atoms with Crippen LogP contribution in [0.2, 0.25) is 0 Å². The van der Waals surface area contributed by atoms with E-state index < -0.39 is 17.5 Å². The summed E-state index contributed by atoms with van der Waals surface area (Å²) in [6.45, 7) is 3.94. The van der Waals surface area contributed by atoms with E-state index in [-0.39, 0.29) is 11.7 Å². The largest absolute Gasteiger partial charge is 0.365 e. The number of halogens is 3. The van der Waals surface area contributed by atoms with E-state index in [9.17, 15) is 13.2 Å². The lowest BCUT2D eigenvalue weighted by molar-refractivity contribution is 0.537. The van der Waals surface area contributed by atoms with Crippen molar-refractivity contribution in [2.45, 2.75) is 19.4 Å². The van der Waals surface area contributed by atoms with Crippen molar-refractivity contribution in [2.24, 2.45) is 0 Å². The summed E-state index contributed by atoms with van der Waals surface area (Å²) < 4.78 is 39.8. The molecule has 1 heterocycles. The maximum atomic E-state index is 13.5. The summed E-state index contributed by atoms with van der Waals surface area (Å²) >= 11 is 0. The summed E-state index contributed by atoms with van der Waals surface area (Å²) in [6, 6.07) is 1.68. The quantitative estimate of drug-likeness (QED) is 0.877. The van der Waals surface area contributed by atoms with Gasteiger partial charge in [0.15, 0.2) is 11.6 Å². The average molecular weight is 244 g/mol. The first kappa shape index (κ1) is 12.2. The lowest BCUT2D eigenvalue weighted by atomic mass is 10.2. The summed E-state index contributed by atoms with van der Waals surface area (Å²) in [5.41, 5.74) is -0.119. The number of rotatable bonds is 3. The monoisotopic (exact) mass is 244 g/mol. The van der Waals surface area contributed by atoms with Gasteiger partial charge in [0.25, 0.3) is 0 Å². The van der Waals surface area contributed by atoms with Crippen LogP contribution >= 0.6 is 0 Å². The highest BCUT2D eigenvalue weighted by molar-refractivity contribution is 5.50. The number of anilines is 1. The average Bonchev–Trinajstić information content (AvgIpc) is 2.65. The zero-order valence-corrected chi connectivity index (χ0v) is 9.64.